The van der Waals surface area contributed by atoms with Crippen molar-refractivity contribution in [1.82, 2.24) is 0 Å². The molecule has 0 saturated heterocycles. The molecular weight excluding hydrogens is 235 g/mol. The van der Waals surface area contributed by atoms with Gasteiger partial charge in [-0.2, -0.15) is 0 Å². The molecule has 1 rings (SSSR count). The number of anilines is 2. The Bertz CT molecular complexity index is 254. The van der Waals surface area contributed by atoms with E-state index in [2.05, 4.69) is 12.2 Å². The van der Waals surface area contributed by atoms with Crippen molar-refractivity contribution in [2.45, 2.75) is 13.0 Å². The Morgan fingerprint density at radius 1 is 1.27 bits per heavy atom. The van der Waals surface area contributed by atoms with Crippen LogP contribution in [0, 0.1) is 0 Å². The number of benzene rings is 1. The summed E-state index contributed by atoms with van der Waals surface area (Å²) in [5.41, 5.74) is 7.41. The average molecular weight is 253 g/mol. The minimum Gasteiger partial charge on any atom is -0.399 e. The zero-order valence-electron chi connectivity index (χ0n) is 8.90. The van der Waals surface area contributed by atoms with Crippen LogP contribution >= 0.6 is 24.8 Å². The van der Waals surface area contributed by atoms with E-state index in [4.69, 9.17) is 10.5 Å². The lowest BCUT2D eigenvalue weighted by molar-refractivity contribution is 0.190. The molecule has 1 aromatic rings. The van der Waals surface area contributed by atoms with Crippen LogP contribution in [0.1, 0.15) is 6.92 Å². The van der Waals surface area contributed by atoms with Crippen molar-refractivity contribution in [3.63, 3.8) is 0 Å². The molecule has 0 aliphatic rings. The van der Waals surface area contributed by atoms with E-state index >= 15 is 0 Å². The van der Waals surface area contributed by atoms with Gasteiger partial charge in [-0.05, 0) is 31.2 Å². The van der Waals surface area contributed by atoms with E-state index in [0.717, 1.165) is 11.4 Å². The Kier molecular flexibility index (Phi) is 9.68. The Morgan fingerprint density at radius 2 is 1.80 bits per heavy atom. The Balaban J connectivity index is 0. The summed E-state index contributed by atoms with van der Waals surface area (Å²) in [6.07, 6.45) is 0. The highest BCUT2D eigenvalue weighted by Crippen LogP contribution is 2.11. The van der Waals surface area contributed by atoms with Crippen molar-refractivity contribution in [2.24, 2.45) is 0 Å². The molecule has 3 nitrogen and oxygen atoms in total. The van der Waals surface area contributed by atoms with Gasteiger partial charge >= 0.3 is 0 Å². The van der Waals surface area contributed by atoms with Crippen molar-refractivity contribution in [3.8, 4) is 0 Å². The fourth-order valence-corrected chi connectivity index (χ4v) is 1.16. The normalized spacial score (nSPS) is 10.8. The number of nitrogens with one attached hydrogen (secondary N) is 1. The van der Waals surface area contributed by atoms with Crippen molar-refractivity contribution in [2.75, 3.05) is 24.8 Å². The molecule has 0 aliphatic heterocycles. The van der Waals surface area contributed by atoms with Crippen LogP contribution in [0.2, 0.25) is 0 Å². The highest BCUT2D eigenvalue weighted by Gasteiger charge is 1.99. The van der Waals surface area contributed by atoms with Crippen LogP contribution in [-0.2, 0) is 4.74 Å². The van der Waals surface area contributed by atoms with Crippen LogP contribution in [-0.4, -0.2) is 19.8 Å². The van der Waals surface area contributed by atoms with Crippen molar-refractivity contribution >= 4 is 36.2 Å². The van der Waals surface area contributed by atoms with E-state index in [0.29, 0.717) is 12.6 Å². The van der Waals surface area contributed by atoms with Crippen molar-refractivity contribution in [1.29, 1.82) is 0 Å². The number of ether oxygens (including phenoxy) is 1. The van der Waals surface area contributed by atoms with Crippen LogP contribution in [0.5, 0.6) is 0 Å². The molecule has 88 valence electrons. The Morgan fingerprint density at radius 3 is 2.27 bits per heavy atom. The summed E-state index contributed by atoms with van der Waals surface area (Å²) in [6, 6.07) is 7.99. The maximum absolute atomic E-state index is 5.56. The van der Waals surface area contributed by atoms with Crippen LogP contribution in [0.15, 0.2) is 24.3 Å². The van der Waals surface area contributed by atoms with Gasteiger partial charge in [0.1, 0.15) is 0 Å². The molecule has 0 heterocycles. The molecule has 5 heteroatoms. The second-order valence-corrected chi connectivity index (χ2v) is 3.12. The van der Waals surface area contributed by atoms with E-state index < -0.39 is 0 Å². The molecule has 0 spiro atoms. The summed E-state index contributed by atoms with van der Waals surface area (Å²) in [4.78, 5) is 0. The molecule has 0 aromatic heterocycles. The number of rotatable bonds is 4. The van der Waals surface area contributed by atoms with Crippen LogP contribution in [0.4, 0.5) is 11.4 Å². The number of hydrogen-bond acceptors (Lipinski definition) is 3. The third-order valence-electron chi connectivity index (χ3n) is 1.74. The summed E-state index contributed by atoms with van der Waals surface area (Å²) >= 11 is 0. The van der Waals surface area contributed by atoms with Crippen LogP contribution in [0.25, 0.3) is 0 Å². The minimum absolute atomic E-state index is 0. The molecule has 0 fully saturated rings. The van der Waals surface area contributed by atoms with E-state index in [9.17, 15) is 0 Å². The lowest BCUT2D eigenvalue weighted by atomic mass is 10.2. The lowest BCUT2D eigenvalue weighted by Crippen LogP contribution is -2.20. The fourth-order valence-electron chi connectivity index (χ4n) is 1.16. The van der Waals surface area contributed by atoms with Crippen molar-refractivity contribution < 1.29 is 4.74 Å². The average Bonchev–Trinajstić information content (AvgIpc) is 2.09. The zero-order valence-corrected chi connectivity index (χ0v) is 10.5. The monoisotopic (exact) mass is 252 g/mol. The first-order valence-electron chi connectivity index (χ1n) is 4.33. The summed E-state index contributed by atoms with van der Waals surface area (Å²) in [7, 11) is 1.70. The van der Waals surface area contributed by atoms with Gasteiger partial charge in [0.15, 0.2) is 0 Å². The maximum Gasteiger partial charge on any atom is 0.0661 e. The van der Waals surface area contributed by atoms with Gasteiger partial charge in [0.05, 0.1) is 6.61 Å². The molecule has 1 atom stereocenters. The number of nitrogens with two attached hydrogens (primary N) is 1. The van der Waals surface area contributed by atoms with E-state index in [1.54, 1.807) is 7.11 Å². The molecule has 0 bridgehead atoms. The summed E-state index contributed by atoms with van der Waals surface area (Å²) in [5.74, 6) is 0. The van der Waals surface area contributed by atoms with Gasteiger partial charge in [-0.1, -0.05) is 0 Å². The second kappa shape index (κ2) is 8.65. The molecular formula is C10H18Cl2N2O. The molecule has 0 saturated carbocycles. The molecule has 1 unspecified atom stereocenters. The smallest absolute Gasteiger partial charge is 0.0661 e. The van der Waals surface area contributed by atoms with Crippen LogP contribution < -0.4 is 11.1 Å². The van der Waals surface area contributed by atoms with Crippen molar-refractivity contribution in [3.05, 3.63) is 24.3 Å². The van der Waals surface area contributed by atoms with E-state index in [1.807, 2.05) is 24.3 Å². The quantitative estimate of drug-likeness (QED) is 0.811. The predicted octanol–water partition coefficient (Wildman–Crippen LogP) is 2.56. The predicted molar refractivity (Wildman–Crippen MR) is 70.3 cm³/mol. The molecule has 15 heavy (non-hydrogen) atoms. The summed E-state index contributed by atoms with van der Waals surface area (Å²) in [6.45, 7) is 2.77. The van der Waals surface area contributed by atoms with Gasteiger partial charge in [-0.15, -0.1) is 24.8 Å². The number of methoxy groups -OCH3 is 1. The third-order valence-corrected chi connectivity index (χ3v) is 1.74. The topological polar surface area (TPSA) is 47.3 Å². The first kappa shape index (κ1) is 16.8. The number of hydrogen-bond donors (Lipinski definition) is 2. The van der Waals surface area contributed by atoms with Gasteiger partial charge in [0.25, 0.3) is 0 Å². The second-order valence-electron chi connectivity index (χ2n) is 3.12. The fraction of sp³-hybridized carbons (Fsp3) is 0.400. The van der Waals surface area contributed by atoms with Gasteiger partial charge in [-0.3, -0.25) is 0 Å². The maximum atomic E-state index is 5.56. The van der Waals surface area contributed by atoms with Gasteiger partial charge in [-0.25, -0.2) is 0 Å². The number of halogens is 2. The first-order chi connectivity index (χ1) is 6.22. The minimum atomic E-state index is 0. The van der Waals surface area contributed by atoms with E-state index in [-0.39, 0.29) is 24.8 Å². The highest BCUT2D eigenvalue weighted by atomic mass is 35.5. The molecule has 3 N–H and O–H groups in total. The standard InChI is InChI=1S/C10H16N2O.2ClH/c1-8(7-13-2)12-10-5-3-9(11)4-6-10;;/h3-6,8,12H,7,11H2,1-2H3;2*1H. The molecule has 0 radical (unpaired) electrons. The Hall–Kier alpha value is -0.640. The van der Waals surface area contributed by atoms with E-state index in [1.165, 1.54) is 0 Å². The molecule has 0 aliphatic carbocycles. The van der Waals surface area contributed by atoms with Gasteiger partial charge in [0, 0.05) is 24.5 Å². The third kappa shape index (κ3) is 6.44. The SMILES string of the molecule is COCC(C)Nc1ccc(N)cc1.Cl.Cl. The molecule has 0 amide bonds. The largest absolute Gasteiger partial charge is 0.399 e. The lowest BCUT2D eigenvalue weighted by Gasteiger charge is -2.13. The van der Waals surface area contributed by atoms with Gasteiger partial charge < -0.3 is 15.8 Å². The van der Waals surface area contributed by atoms with Gasteiger partial charge in [0.2, 0.25) is 0 Å². The van der Waals surface area contributed by atoms with Crippen LogP contribution in [0.3, 0.4) is 0 Å². The zero-order chi connectivity index (χ0) is 9.68. The first-order valence-corrected chi connectivity index (χ1v) is 4.33. The summed E-state index contributed by atoms with van der Waals surface area (Å²) in [5, 5.41) is 3.29. The summed E-state index contributed by atoms with van der Waals surface area (Å²) < 4.78 is 5.01. The molecule has 1 aromatic carbocycles. The Labute approximate surface area is 103 Å². The number of nitrogen functional groups attached to an aromatic ring is 1. The highest BCUT2D eigenvalue weighted by molar-refractivity contribution is 5.85.